The minimum absolute atomic E-state index is 0.0431. The highest BCUT2D eigenvalue weighted by molar-refractivity contribution is 5.72. The van der Waals surface area contributed by atoms with Gasteiger partial charge in [0.25, 0.3) is 0 Å². The smallest absolute Gasteiger partial charge is 0.362 e. The molecule has 0 aliphatic carbocycles. The van der Waals surface area contributed by atoms with Crippen molar-refractivity contribution < 1.29 is 38.2 Å². The second-order valence-electron chi connectivity index (χ2n) is 14.2. The van der Waals surface area contributed by atoms with E-state index in [1.54, 1.807) is 0 Å². The fourth-order valence-corrected chi connectivity index (χ4v) is 5.74. The number of rotatable bonds is 34. The molecule has 0 radical (unpaired) electrons. The summed E-state index contributed by atoms with van der Waals surface area (Å²) < 4.78 is 17.2. The van der Waals surface area contributed by atoms with Crippen molar-refractivity contribution in [2.24, 2.45) is 0 Å². The summed E-state index contributed by atoms with van der Waals surface area (Å²) in [4.78, 5) is 36.7. The molecule has 0 aliphatic heterocycles. The van der Waals surface area contributed by atoms with Crippen LogP contribution in [0.25, 0.3) is 0 Å². The number of carbonyl (C=O) groups excluding carboxylic acids is 2. The lowest BCUT2D eigenvalue weighted by molar-refractivity contribution is -0.887. The number of aliphatic carboxylic acids is 1. The first-order valence-corrected chi connectivity index (χ1v) is 19.1. The van der Waals surface area contributed by atoms with Gasteiger partial charge >= 0.3 is 17.9 Å². The third kappa shape index (κ3) is 28.5. The number of carbonyl (C=O) groups is 3. The molecule has 0 fully saturated rings. The van der Waals surface area contributed by atoms with Gasteiger partial charge < -0.3 is 23.8 Å². The molecule has 0 heterocycles. The first-order chi connectivity index (χ1) is 22.1. The largest absolute Gasteiger partial charge is 0.477 e. The van der Waals surface area contributed by atoms with Crippen LogP contribution in [-0.2, 0) is 28.6 Å². The maximum Gasteiger partial charge on any atom is 0.362 e. The number of quaternary nitrogens is 1. The number of unbranched alkanes of at least 4 members (excludes halogenated alkanes) is 20. The van der Waals surface area contributed by atoms with E-state index < -0.39 is 18.1 Å². The van der Waals surface area contributed by atoms with Gasteiger partial charge in [-0.1, -0.05) is 142 Å². The molecule has 46 heavy (non-hydrogen) atoms. The fraction of sp³-hybridized carbons (Fsp3) is 0.921. The van der Waals surface area contributed by atoms with Crippen molar-refractivity contribution in [1.29, 1.82) is 0 Å². The molecule has 0 saturated carbocycles. The van der Waals surface area contributed by atoms with Gasteiger partial charge in [-0.15, -0.1) is 0 Å². The maximum atomic E-state index is 12.6. The van der Waals surface area contributed by atoms with Crippen LogP contribution in [0.1, 0.15) is 174 Å². The molecular formula is C38H74NO7+. The zero-order chi connectivity index (χ0) is 34.3. The van der Waals surface area contributed by atoms with Gasteiger partial charge in [0.05, 0.1) is 34.4 Å². The van der Waals surface area contributed by atoms with Crippen LogP contribution >= 0.6 is 0 Å². The van der Waals surface area contributed by atoms with E-state index in [4.69, 9.17) is 14.2 Å². The van der Waals surface area contributed by atoms with E-state index in [0.717, 1.165) is 38.5 Å². The summed E-state index contributed by atoms with van der Waals surface area (Å²) >= 11 is 0. The van der Waals surface area contributed by atoms with Crippen molar-refractivity contribution in [1.82, 2.24) is 0 Å². The Balaban J connectivity index is 4.39. The lowest BCUT2D eigenvalue weighted by Crippen LogP contribution is -2.50. The Labute approximate surface area is 283 Å². The molecule has 0 aromatic rings. The number of ether oxygens (including phenoxy) is 3. The second kappa shape index (κ2) is 30.7. The quantitative estimate of drug-likeness (QED) is 0.0418. The van der Waals surface area contributed by atoms with Crippen LogP contribution in [0.4, 0.5) is 0 Å². The van der Waals surface area contributed by atoms with Gasteiger partial charge in [0.15, 0.2) is 12.1 Å². The molecule has 8 heteroatoms. The van der Waals surface area contributed by atoms with E-state index >= 15 is 0 Å². The van der Waals surface area contributed by atoms with Gasteiger partial charge in [0.1, 0.15) is 6.61 Å². The molecule has 0 bridgehead atoms. The Morgan fingerprint density at radius 2 is 0.957 bits per heavy atom. The standard InChI is InChI=1S/C38H73NO7/c1-6-8-10-12-14-16-18-19-21-22-24-26-28-36(40)45-33-34(32-44-31-30-35(38(42)43)39(3,4)5)46-37(41)29-27-25-23-20-17-15-13-11-9-7-2/h34-35H,6-33H2,1-5H3/p+1. The lowest BCUT2D eigenvalue weighted by atomic mass is 10.0. The van der Waals surface area contributed by atoms with Gasteiger partial charge in [0.2, 0.25) is 0 Å². The number of carboxylic acids is 1. The Morgan fingerprint density at radius 3 is 1.35 bits per heavy atom. The lowest BCUT2D eigenvalue weighted by Gasteiger charge is -2.31. The molecule has 1 N–H and O–H groups in total. The maximum absolute atomic E-state index is 12.6. The number of likely N-dealkylation sites (N-methyl/N-ethyl adjacent to an activating group) is 1. The Hall–Kier alpha value is -1.67. The molecule has 8 nitrogen and oxygen atoms in total. The zero-order valence-electron chi connectivity index (χ0n) is 30.8. The number of hydrogen-bond donors (Lipinski definition) is 1. The molecule has 0 saturated heterocycles. The van der Waals surface area contributed by atoms with E-state index in [1.165, 1.54) is 103 Å². The Kier molecular flexibility index (Phi) is 29.5. The highest BCUT2D eigenvalue weighted by Gasteiger charge is 2.31. The summed E-state index contributed by atoms with van der Waals surface area (Å²) in [7, 11) is 5.52. The van der Waals surface area contributed by atoms with Crippen LogP contribution < -0.4 is 0 Å². The predicted molar refractivity (Wildman–Crippen MR) is 188 cm³/mol. The van der Waals surface area contributed by atoms with Crippen LogP contribution in [0, 0.1) is 0 Å². The van der Waals surface area contributed by atoms with E-state index in [9.17, 15) is 19.5 Å². The van der Waals surface area contributed by atoms with E-state index in [2.05, 4.69) is 13.8 Å². The summed E-state index contributed by atoms with van der Waals surface area (Å²) in [6.07, 6.45) is 27.1. The van der Waals surface area contributed by atoms with Gasteiger partial charge in [-0.05, 0) is 12.8 Å². The minimum Gasteiger partial charge on any atom is -0.477 e. The van der Waals surface area contributed by atoms with E-state index in [0.29, 0.717) is 19.3 Å². The van der Waals surface area contributed by atoms with Gasteiger partial charge in [-0.25, -0.2) is 4.79 Å². The monoisotopic (exact) mass is 657 g/mol. The fourth-order valence-electron chi connectivity index (χ4n) is 5.74. The summed E-state index contributed by atoms with van der Waals surface area (Å²) in [5.74, 6) is -1.46. The molecule has 0 spiro atoms. The predicted octanol–water partition coefficient (Wildman–Crippen LogP) is 9.41. The van der Waals surface area contributed by atoms with Crippen LogP contribution in [0.5, 0.6) is 0 Å². The highest BCUT2D eigenvalue weighted by atomic mass is 16.6. The Bertz CT molecular complexity index is 737. The summed E-state index contributed by atoms with van der Waals surface area (Å²) in [6, 6.07) is -0.606. The molecule has 0 amide bonds. The van der Waals surface area contributed by atoms with Gasteiger partial charge in [-0.2, -0.15) is 0 Å². The van der Waals surface area contributed by atoms with Gasteiger partial charge in [-0.3, -0.25) is 9.59 Å². The second-order valence-corrected chi connectivity index (χ2v) is 14.2. The third-order valence-electron chi connectivity index (χ3n) is 8.76. The summed E-state index contributed by atoms with van der Waals surface area (Å²) in [5.41, 5.74) is 0. The summed E-state index contributed by atoms with van der Waals surface area (Å²) in [5, 5.41) is 9.56. The third-order valence-corrected chi connectivity index (χ3v) is 8.76. The van der Waals surface area contributed by atoms with Crippen LogP contribution in [0.2, 0.25) is 0 Å². The number of esters is 2. The van der Waals surface area contributed by atoms with E-state index in [1.807, 2.05) is 21.1 Å². The van der Waals surface area contributed by atoms with Crippen molar-refractivity contribution in [2.75, 3.05) is 41.0 Å². The molecule has 2 unspecified atom stereocenters. The first-order valence-electron chi connectivity index (χ1n) is 19.1. The first kappa shape index (κ1) is 44.3. The van der Waals surface area contributed by atoms with Crippen LogP contribution in [0.15, 0.2) is 0 Å². The summed E-state index contributed by atoms with van der Waals surface area (Å²) in [6.45, 7) is 4.72. The molecule has 272 valence electrons. The average Bonchev–Trinajstić information content (AvgIpc) is 3.00. The van der Waals surface area contributed by atoms with Crippen molar-refractivity contribution in [3.63, 3.8) is 0 Å². The highest BCUT2D eigenvalue weighted by Crippen LogP contribution is 2.15. The topological polar surface area (TPSA) is 99.1 Å². The SMILES string of the molecule is CCCCCCCCCCCCCCC(=O)OCC(COCCC(C(=O)O)[N+](C)(C)C)OC(=O)CCCCCCCCCCCC. The molecule has 0 rings (SSSR count). The molecular weight excluding hydrogens is 582 g/mol. The molecule has 0 aromatic carbocycles. The van der Waals surface area contributed by atoms with Crippen molar-refractivity contribution in [3.8, 4) is 0 Å². The van der Waals surface area contributed by atoms with Gasteiger partial charge in [0, 0.05) is 19.3 Å². The van der Waals surface area contributed by atoms with E-state index in [-0.39, 0.29) is 36.2 Å². The van der Waals surface area contributed by atoms with Crippen molar-refractivity contribution in [2.45, 2.75) is 187 Å². The van der Waals surface area contributed by atoms with Crippen LogP contribution in [-0.4, -0.2) is 80.6 Å². The normalized spacial score (nSPS) is 13.0. The number of hydrogen-bond acceptors (Lipinski definition) is 6. The van der Waals surface area contributed by atoms with Crippen LogP contribution in [0.3, 0.4) is 0 Å². The van der Waals surface area contributed by atoms with Crippen molar-refractivity contribution >= 4 is 17.9 Å². The minimum atomic E-state index is -0.873. The molecule has 2 atom stereocenters. The molecule has 0 aliphatic rings. The average molecular weight is 657 g/mol. The molecule has 0 aromatic heterocycles. The zero-order valence-corrected chi connectivity index (χ0v) is 30.8. The van der Waals surface area contributed by atoms with Crippen molar-refractivity contribution in [3.05, 3.63) is 0 Å². The number of nitrogens with zero attached hydrogens (tertiary/aromatic N) is 1. The number of carboxylic acid groups (broad SMARTS) is 1. The Morgan fingerprint density at radius 1 is 0.565 bits per heavy atom.